The molecular formula is C18H23BrO2. The molecule has 2 aromatic rings. The minimum Gasteiger partial charge on any atom is -0.496 e. The van der Waals surface area contributed by atoms with Crippen LogP contribution >= 0.6 is 15.9 Å². The van der Waals surface area contributed by atoms with E-state index >= 15 is 0 Å². The van der Waals surface area contributed by atoms with Crippen LogP contribution in [0.4, 0.5) is 0 Å². The second-order valence-corrected chi connectivity index (χ2v) is 6.06. The Kier molecular flexibility index (Phi) is 6.37. The van der Waals surface area contributed by atoms with Gasteiger partial charge in [-0.25, -0.2) is 0 Å². The summed E-state index contributed by atoms with van der Waals surface area (Å²) in [7, 11) is 1.71. The molecule has 0 bridgehead atoms. The Balaban J connectivity index is 2.07. The first-order valence-electron chi connectivity index (χ1n) is 7.52. The number of ether oxygens (including phenoxy) is 2. The molecule has 0 atom stereocenters. The van der Waals surface area contributed by atoms with Gasteiger partial charge in [0.1, 0.15) is 11.5 Å². The Morgan fingerprint density at radius 3 is 2.43 bits per heavy atom. The molecule has 2 nitrogen and oxygen atoms in total. The summed E-state index contributed by atoms with van der Waals surface area (Å²) < 4.78 is 11.4. The average Bonchev–Trinajstić information content (AvgIpc) is 2.50. The van der Waals surface area contributed by atoms with Crippen LogP contribution in [0.15, 0.2) is 30.3 Å². The van der Waals surface area contributed by atoms with E-state index in [0.717, 1.165) is 40.6 Å². The Bertz CT molecular complexity index is 581. The van der Waals surface area contributed by atoms with E-state index in [0.29, 0.717) is 0 Å². The van der Waals surface area contributed by atoms with Crippen molar-refractivity contribution in [3.63, 3.8) is 0 Å². The van der Waals surface area contributed by atoms with Crippen LogP contribution in [-0.4, -0.2) is 19.0 Å². The van der Waals surface area contributed by atoms with E-state index < -0.39 is 0 Å². The lowest BCUT2D eigenvalue weighted by Crippen LogP contribution is -1.98. The lowest BCUT2D eigenvalue weighted by molar-refractivity contribution is 0.308. The molecule has 2 aromatic carbocycles. The molecule has 3 heteroatoms. The summed E-state index contributed by atoms with van der Waals surface area (Å²) in [6, 6.07) is 10.4. The van der Waals surface area contributed by atoms with E-state index in [4.69, 9.17) is 9.47 Å². The normalized spacial score (nSPS) is 10.8. The molecule has 0 amide bonds. The zero-order valence-corrected chi connectivity index (χ0v) is 14.4. The molecule has 0 aliphatic rings. The molecule has 0 N–H and O–H groups in total. The van der Waals surface area contributed by atoms with E-state index in [2.05, 4.69) is 41.1 Å². The van der Waals surface area contributed by atoms with Crippen LogP contribution in [-0.2, 0) is 0 Å². The number of fused-ring (bicyclic) bond motifs is 1. The SMILES string of the molecule is COc1ccc(OCCCCCCBr)c2cc(C)ccc12. The smallest absolute Gasteiger partial charge is 0.127 e. The fourth-order valence-electron chi connectivity index (χ4n) is 2.44. The van der Waals surface area contributed by atoms with Gasteiger partial charge in [-0.2, -0.15) is 0 Å². The summed E-state index contributed by atoms with van der Waals surface area (Å²) in [4.78, 5) is 0. The molecule has 0 aliphatic heterocycles. The Labute approximate surface area is 135 Å². The van der Waals surface area contributed by atoms with Crippen molar-refractivity contribution >= 4 is 26.7 Å². The van der Waals surface area contributed by atoms with Crippen molar-refractivity contribution in [3.8, 4) is 11.5 Å². The van der Waals surface area contributed by atoms with Gasteiger partial charge in [0.25, 0.3) is 0 Å². The van der Waals surface area contributed by atoms with Crippen molar-refractivity contribution in [1.82, 2.24) is 0 Å². The molecule has 0 unspecified atom stereocenters. The highest BCUT2D eigenvalue weighted by molar-refractivity contribution is 9.09. The molecule has 0 aliphatic carbocycles. The Morgan fingerprint density at radius 2 is 1.67 bits per heavy atom. The van der Waals surface area contributed by atoms with Gasteiger partial charge in [0.2, 0.25) is 0 Å². The van der Waals surface area contributed by atoms with Crippen LogP contribution in [0.1, 0.15) is 31.2 Å². The minimum atomic E-state index is 0.775. The summed E-state index contributed by atoms with van der Waals surface area (Å²) in [6.07, 6.45) is 4.83. The molecule has 0 heterocycles. The van der Waals surface area contributed by atoms with Crippen LogP contribution in [0.3, 0.4) is 0 Å². The Hall–Kier alpha value is -1.22. The fraction of sp³-hybridized carbons (Fsp3) is 0.444. The molecule has 0 saturated carbocycles. The molecule has 0 spiro atoms. The Morgan fingerprint density at radius 1 is 0.905 bits per heavy atom. The summed E-state index contributed by atoms with van der Waals surface area (Å²) in [6.45, 7) is 2.88. The summed E-state index contributed by atoms with van der Waals surface area (Å²) in [5.41, 5.74) is 1.23. The van der Waals surface area contributed by atoms with Gasteiger partial charge in [0.05, 0.1) is 13.7 Å². The molecule has 114 valence electrons. The van der Waals surface area contributed by atoms with Crippen LogP contribution < -0.4 is 9.47 Å². The number of rotatable bonds is 8. The van der Waals surface area contributed by atoms with E-state index in [1.54, 1.807) is 7.11 Å². The zero-order valence-electron chi connectivity index (χ0n) is 12.8. The molecule has 2 rings (SSSR count). The zero-order chi connectivity index (χ0) is 15.1. The summed E-state index contributed by atoms with van der Waals surface area (Å²) in [5.74, 6) is 1.85. The number of unbranched alkanes of at least 4 members (excludes halogenated alkanes) is 3. The predicted octanol–water partition coefficient (Wildman–Crippen LogP) is 5.49. The van der Waals surface area contributed by atoms with Crippen LogP contribution in [0, 0.1) is 6.92 Å². The van der Waals surface area contributed by atoms with E-state index in [1.807, 2.05) is 12.1 Å². The third-order valence-electron chi connectivity index (χ3n) is 3.60. The monoisotopic (exact) mass is 350 g/mol. The van der Waals surface area contributed by atoms with E-state index in [1.165, 1.54) is 24.8 Å². The number of benzene rings is 2. The molecule has 21 heavy (non-hydrogen) atoms. The number of hydrogen-bond donors (Lipinski definition) is 0. The van der Waals surface area contributed by atoms with Gasteiger partial charge in [0.15, 0.2) is 0 Å². The van der Waals surface area contributed by atoms with Crippen molar-refractivity contribution in [2.45, 2.75) is 32.6 Å². The fourth-order valence-corrected chi connectivity index (χ4v) is 2.84. The van der Waals surface area contributed by atoms with Crippen molar-refractivity contribution in [2.75, 3.05) is 19.0 Å². The first-order valence-corrected chi connectivity index (χ1v) is 8.64. The average molecular weight is 351 g/mol. The van der Waals surface area contributed by atoms with Crippen LogP contribution in [0.5, 0.6) is 11.5 Å². The lowest BCUT2D eigenvalue weighted by Gasteiger charge is -2.12. The highest BCUT2D eigenvalue weighted by Crippen LogP contribution is 2.33. The predicted molar refractivity (Wildman–Crippen MR) is 93.0 cm³/mol. The number of alkyl halides is 1. The van der Waals surface area contributed by atoms with E-state index in [-0.39, 0.29) is 0 Å². The summed E-state index contributed by atoms with van der Waals surface area (Å²) >= 11 is 3.46. The number of halogens is 1. The van der Waals surface area contributed by atoms with E-state index in [9.17, 15) is 0 Å². The first kappa shape index (κ1) is 16.2. The van der Waals surface area contributed by atoms with Gasteiger partial charge in [-0.1, -0.05) is 46.5 Å². The van der Waals surface area contributed by atoms with Gasteiger partial charge in [-0.3, -0.25) is 0 Å². The van der Waals surface area contributed by atoms with Crippen molar-refractivity contribution in [2.24, 2.45) is 0 Å². The minimum absolute atomic E-state index is 0.775. The third kappa shape index (κ3) is 4.37. The van der Waals surface area contributed by atoms with Crippen LogP contribution in [0.2, 0.25) is 0 Å². The largest absolute Gasteiger partial charge is 0.496 e. The maximum Gasteiger partial charge on any atom is 0.127 e. The second kappa shape index (κ2) is 8.28. The van der Waals surface area contributed by atoms with Crippen molar-refractivity contribution in [1.29, 1.82) is 0 Å². The molecule has 0 saturated heterocycles. The number of hydrogen-bond acceptors (Lipinski definition) is 2. The molecular weight excluding hydrogens is 328 g/mol. The standard InChI is InChI=1S/C18H23BrO2/c1-14-7-8-15-16(13-14)18(10-9-17(15)20-2)21-12-6-4-3-5-11-19/h7-10,13H,3-6,11-12H2,1-2H3. The first-order chi connectivity index (χ1) is 10.3. The van der Waals surface area contributed by atoms with Gasteiger partial charge < -0.3 is 9.47 Å². The third-order valence-corrected chi connectivity index (χ3v) is 4.16. The highest BCUT2D eigenvalue weighted by atomic mass is 79.9. The summed E-state index contributed by atoms with van der Waals surface area (Å²) in [5, 5.41) is 3.34. The van der Waals surface area contributed by atoms with Crippen molar-refractivity contribution < 1.29 is 9.47 Å². The lowest BCUT2D eigenvalue weighted by atomic mass is 10.1. The van der Waals surface area contributed by atoms with Gasteiger partial charge in [-0.15, -0.1) is 0 Å². The molecule has 0 radical (unpaired) electrons. The van der Waals surface area contributed by atoms with Crippen molar-refractivity contribution in [3.05, 3.63) is 35.9 Å². The maximum absolute atomic E-state index is 5.99. The van der Waals surface area contributed by atoms with Gasteiger partial charge in [-0.05, 0) is 38.0 Å². The van der Waals surface area contributed by atoms with Crippen LogP contribution in [0.25, 0.3) is 10.8 Å². The van der Waals surface area contributed by atoms with Gasteiger partial charge in [0, 0.05) is 16.1 Å². The highest BCUT2D eigenvalue weighted by Gasteiger charge is 2.07. The topological polar surface area (TPSA) is 18.5 Å². The molecule has 0 fully saturated rings. The molecule has 0 aromatic heterocycles. The number of methoxy groups -OCH3 is 1. The quantitative estimate of drug-likeness (QED) is 0.462. The van der Waals surface area contributed by atoms with Gasteiger partial charge >= 0.3 is 0 Å². The maximum atomic E-state index is 5.99. The second-order valence-electron chi connectivity index (χ2n) is 5.27. The number of aryl methyl sites for hydroxylation is 1.